The monoisotopic (exact) mass is 309 g/mol. The molecule has 0 spiro atoms. The van der Waals surface area contributed by atoms with E-state index in [9.17, 15) is 21.9 Å². The molecule has 1 rings (SSSR count). The van der Waals surface area contributed by atoms with Crippen LogP contribution >= 0.6 is 0 Å². The van der Waals surface area contributed by atoms with Gasteiger partial charge in [-0.2, -0.15) is 16.8 Å². The van der Waals surface area contributed by atoms with Crippen molar-refractivity contribution in [2.45, 2.75) is 9.79 Å². The van der Waals surface area contributed by atoms with Gasteiger partial charge in [0.05, 0.1) is 10.6 Å². The topological polar surface area (TPSA) is 155 Å². The van der Waals surface area contributed by atoms with Crippen molar-refractivity contribution in [3.05, 3.63) is 12.1 Å². The molecule has 0 atom stereocenters. The van der Waals surface area contributed by atoms with E-state index in [0.29, 0.717) is 12.1 Å². The Morgan fingerprint density at radius 3 is 1.82 bits per heavy atom. The number of aromatic hydroxyl groups is 1. The number of rotatable bonds is 2. The average Bonchev–Trinajstić information content (AvgIpc) is 2.05. The van der Waals surface area contributed by atoms with Gasteiger partial charge in [-0.1, -0.05) is 0 Å². The first-order valence-corrected chi connectivity index (χ1v) is 6.49. The van der Waals surface area contributed by atoms with E-state index in [1.807, 2.05) is 0 Å². The summed E-state index contributed by atoms with van der Waals surface area (Å²) in [4.78, 5) is -1.95. The summed E-state index contributed by atoms with van der Waals surface area (Å²) in [6.45, 7) is 0. The number of phenolic OH excluding ortho intramolecular Hbond substituents is 1. The van der Waals surface area contributed by atoms with E-state index in [1.54, 1.807) is 0 Å². The van der Waals surface area contributed by atoms with Crippen molar-refractivity contribution in [2.75, 3.05) is 5.73 Å². The summed E-state index contributed by atoms with van der Waals surface area (Å²) < 4.78 is 60.2. The zero-order valence-electron chi connectivity index (χ0n) is 7.52. The molecule has 0 radical (unpaired) electrons. The van der Waals surface area contributed by atoms with Gasteiger partial charge in [-0.05, 0) is 12.1 Å². The third kappa shape index (κ3) is 4.15. The molecule has 1 aromatic rings. The van der Waals surface area contributed by atoms with Gasteiger partial charge in [-0.3, -0.25) is 9.11 Å². The Hall–Kier alpha value is 0.276. The Labute approximate surface area is 140 Å². The molecular formula is C6H8KNO7S2. The standard InChI is InChI=1S/C6H7NO7S2.K.H/c7-4-1-3(15(9,10)11)2-5(6(4)8)16(12,13)14;;/h1-2,8H,7H2,(H,9,10,11)(H,12,13,14);;. The Morgan fingerprint density at radius 1 is 1.00 bits per heavy atom. The molecule has 0 aliphatic rings. The minimum atomic E-state index is -4.84. The molecular weight excluding hydrogens is 301 g/mol. The van der Waals surface area contributed by atoms with Crippen molar-refractivity contribution < 1.29 is 31.0 Å². The van der Waals surface area contributed by atoms with E-state index in [-0.39, 0.29) is 51.4 Å². The van der Waals surface area contributed by atoms with E-state index in [4.69, 9.17) is 14.8 Å². The number of benzene rings is 1. The Kier molecular flexibility index (Phi) is 5.59. The van der Waals surface area contributed by atoms with Crippen LogP contribution in [-0.4, -0.2) is 82.4 Å². The van der Waals surface area contributed by atoms with Gasteiger partial charge in [-0.15, -0.1) is 0 Å². The molecule has 0 saturated carbocycles. The quantitative estimate of drug-likeness (QED) is 0.230. The normalized spacial score (nSPS) is 11.9. The fraction of sp³-hybridized carbons (Fsp3) is 0. The summed E-state index contributed by atoms with van der Waals surface area (Å²) in [5, 5.41) is 9.18. The molecule has 0 bridgehead atoms. The first kappa shape index (κ1) is 17.3. The summed E-state index contributed by atoms with van der Waals surface area (Å²) in [5.74, 6) is -0.991. The molecule has 0 aliphatic heterocycles. The predicted molar refractivity (Wildman–Crippen MR) is 59.3 cm³/mol. The zero-order valence-corrected chi connectivity index (χ0v) is 9.16. The molecule has 11 heteroatoms. The van der Waals surface area contributed by atoms with Crippen molar-refractivity contribution in [3.63, 3.8) is 0 Å². The van der Waals surface area contributed by atoms with Crippen LogP contribution in [0.15, 0.2) is 21.9 Å². The van der Waals surface area contributed by atoms with Crippen LogP contribution in [-0.2, 0) is 20.2 Å². The van der Waals surface area contributed by atoms with Crippen molar-refractivity contribution in [1.29, 1.82) is 0 Å². The number of nitrogen functional groups attached to an aromatic ring is 1. The first-order valence-electron chi connectivity index (χ1n) is 3.61. The summed E-state index contributed by atoms with van der Waals surface area (Å²) in [6, 6.07) is 1.04. The molecule has 0 fully saturated rings. The van der Waals surface area contributed by atoms with Gasteiger partial charge < -0.3 is 10.8 Å². The molecule has 17 heavy (non-hydrogen) atoms. The van der Waals surface area contributed by atoms with Crippen LogP contribution in [0.4, 0.5) is 5.69 Å². The molecule has 0 heterocycles. The third-order valence-corrected chi connectivity index (χ3v) is 3.35. The second-order valence-corrected chi connectivity index (χ2v) is 5.62. The number of anilines is 1. The molecule has 1 aromatic carbocycles. The number of phenols is 1. The molecule has 0 aromatic heterocycles. The van der Waals surface area contributed by atoms with Gasteiger partial charge in [0.2, 0.25) is 0 Å². The van der Waals surface area contributed by atoms with Crippen LogP contribution in [0.25, 0.3) is 0 Å². The van der Waals surface area contributed by atoms with E-state index >= 15 is 0 Å². The number of nitrogens with two attached hydrogens (primary N) is 1. The molecule has 8 nitrogen and oxygen atoms in total. The molecule has 5 N–H and O–H groups in total. The van der Waals surface area contributed by atoms with Gasteiger partial charge >= 0.3 is 51.4 Å². The van der Waals surface area contributed by atoms with Crippen LogP contribution in [0, 0.1) is 0 Å². The molecule has 92 valence electrons. The van der Waals surface area contributed by atoms with E-state index in [1.165, 1.54) is 0 Å². The van der Waals surface area contributed by atoms with Crippen molar-refractivity contribution >= 4 is 77.3 Å². The van der Waals surface area contributed by atoms with Crippen molar-refractivity contribution in [3.8, 4) is 5.75 Å². The van der Waals surface area contributed by atoms with Crippen LogP contribution in [0.3, 0.4) is 0 Å². The fourth-order valence-electron chi connectivity index (χ4n) is 0.949. The van der Waals surface area contributed by atoms with E-state index < -0.39 is 41.5 Å². The van der Waals surface area contributed by atoms with Crippen molar-refractivity contribution in [1.82, 2.24) is 0 Å². The number of hydrogen-bond donors (Lipinski definition) is 4. The predicted octanol–water partition coefficient (Wildman–Crippen LogP) is -1.18. The van der Waals surface area contributed by atoms with Gasteiger partial charge in [0.25, 0.3) is 20.2 Å². The Bertz CT molecular complexity index is 637. The average molecular weight is 309 g/mol. The van der Waals surface area contributed by atoms with E-state index in [2.05, 4.69) is 0 Å². The summed E-state index contributed by atoms with van der Waals surface area (Å²) in [6.07, 6.45) is 0. The Balaban J connectivity index is 0.00000256. The molecule has 0 amide bonds. The first-order chi connectivity index (χ1) is 7.03. The van der Waals surface area contributed by atoms with E-state index in [0.717, 1.165) is 0 Å². The minimum absolute atomic E-state index is 0. The molecule has 0 unspecified atom stereocenters. The van der Waals surface area contributed by atoms with Gasteiger partial charge in [0.15, 0.2) is 5.75 Å². The van der Waals surface area contributed by atoms with Crippen LogP contribution < -0.4 is 5.73 Å². The summed E-state index contributed by atoms with van der Waals surface area (Å²) >= 11 is 0. The van der Waals surface area contributed by atoms with Gasteiger partial charge in [-0.25, -0.2) is 0 Å². The summed E-state index contributed by atoms with van der Waals surface area (Å²) in [7, 11) is -9.54. The van der Waals surface area contributed by atoms with Crippen LogP contribution in [0.2, 0.25) is 0 Å². The van der Waals surface area contributed by atoms with Gasteiger partial charge in [0.1, 0.15) is 4.90 Å². The SMILES string of the molecule is Nc1cc(S(=O)(=O)O)cc(S(=O)(=O)O)c1O.[KH]. The number of hydrogen-bond acceptors (Lipinski definition) is 6. The molecule has 0 saturated heterocycles. The summed E-state index contributed by atoms with van der Waals surface area (Å²) in [5.41, 5.74) is 4.51. The molecule has 0 aliphatic carbocycles. The Morgan fingerprint density at radius 2 is 1.47 bits per heavy atom. The fourth-order valence-corrected chi connectivity index (χ4v) is 2.20. The van der Waals surface area contributed by atoms with Crippen LogP contribution in [0.1, 0.15) is 0 Å². The third-order valence-electron chi connectivity index (χ3n) is 1.65. The second kappa shape index (κ2) is 5.50. The maximum absolute atomic E-state index is 10.7. The zero-order chi connectivity index (χ0) is 12.7. The maximum atomic E-state index is 10.7. The van der Waals surface area contributed by atoms with Crippen molar-refractivity contribution in [2.24, 2.45) is 0 Å². The van der Waals surface area contributed by atoms with Gasteiger partial charge in [0, 0.05) is 0 Å². The van der Waals surface area contributed by atoms with Crippen LogP contribution in [0.5, 0.6) is 5.75 Å². The second-order valence-electron chi connectivity index (χ2n) is 2.81.